The first kappa shape index (κ1) is 17.9. The molecule has 0 amide bonds. The van der Waals surface area contributed by atoms with Crippen LogP contribution in [0.5, 0.6) is 0 Å². The molecule has 114 valence electrons. The van der Waals surface area contributed by atoms with Crippen LogP contribution >= 0.6 is 28.3 Å². The van der Waals surface area contributed by atoms with E-state index in [0.29, 0.717) is 4.47 Å². The second-order valence-electron chi connectivity index (χ2n) is 4.84. The quantitative estimate of drug-likeness (QED) is 0.840. The second kappa shape index (κ2) is 8.95. The third-order valence-electron chi connectivity index (χ3n) is 3.56. The van der Waals surface area contributed by atoms with Gasteiger partial charge in [0.15, 0.2) is 0 Å². The van der Waals surface area contributed by atoms with Gasteiger partial charge in [0.25, 0.3) is 0 Å². The van der Waals surface area contributed by atoms with Crippen LogP contribution < -0.4 is 5.32 Å². The highest BCUT2D eigenvalue weighted by molar-refractivity contribution is 9.10. The number of halogens is 3. The third-order valence-corrected chi connectivity index (χ3v) is 4.20. The van der Waals surface area contributed by atoms with E-state index in [2.05, 4.69) is 26.1 Å². The zero-order valence-corrected chi connectivity index (χ0v) is 13.7. The van der Waals surface area contributed by atoms with Gasteiger partial charge in [-0.05, 0) is 46.5 Å². The summed E-state index contributed by atoms with van der Waals surface area (Å²) in [5, 5.41) is 12.4. The first-order chi connectivity index (χ1) is 9.22. The van der Waals surface area contributed by atoms with E-state index in [1.807, 2.05) is 6.07 Å². The SMILES string of the molecule is Cl.OCCC[C@@H](c1ccc(Br)c(F)c1)N1CCNCC1. The Hall–Kier alpha value is -0.200. The monoisotopic (exact) mass is 366 g/mol. The summed E-state index contributed by atoms with van der Waals surface area (Å²) in [7, 11) is 0. The first-order valence-electron chi connectivity index (χ1n) is 6.73. The lowest BCUT2D eigenvalue weighted by molar-refractivity contribution is 0.154. The summed E-state index contributed by atoms with van der Waals surface area (Å²) in [6.07, 6.45) is 1.60. The molecule has 20 heavy (non-hydrogen) atoms. The Labute approximate surface area is 134 Å². The number of hydrogen-bond donors (Lipinski definition) is 2. The molecule has 6 heteroatoms. The molecule has 2 rings (SSSR count). The summed E-state index contributed by atoms with van der Waals surface area (Å²) in [5.41, 5.74) is 0.996. The smallest absolute Gasteiger partial charge is 0.137 e. The largest absolute Gasteiger partial charge is 0.396 e. The normalized spacial score (nSPS) is 17.6. The standard InChI is InChI=1S/C14H20BrFN2O.ClH/c15-12-4-3-11(10-13(12)16)14(2-1-9-19)18-7-5-17-6-8-18;/h3-4,10,14,17,19H,1-2,5-9H2;1H/t14-;/m0./s1. The Morgan fingerprint density at radius 3 is 2.65 bits per heavy atom. The number of aliphatic hydroxyl groups is 1. The van der Waals surface area contributed by atoms with Crippen LogP contribution in [0.3, 0.4) is 0 Å². The van der Waals surface area contributed by atoms with Crippen LogP contribution in [0, 0.1) is 5.82 Å². The van der Waals surface area contributed by atoms with Gasteiger partial charge in [0.2, 0.25) is 0 Å². The molecule has 0 aromatic heterocycles. The maximum atomic E-state index is 13.7. The van der Waals surface area contributed by atoms with Crippen molar-refractivity contribution in [2.24, 2.45) is 0 Å². The van der Waals surface area contributed by atoms with Crippen LogP contribution in [-0.2, 0) is 0 Å². The van der Waals surface area contributed by atoms with Gasteiger partial charge in [0, 0.05) is 38.8 Å². The summed E-state index contributed by atoms with van der Waals surface area (Å²) in [6.45, 7) is 4.05. The van der Waals surface area contributed by atoms with Crippen molar-refractivity contribution in [2.75, 3.05) is 32.8 Å². The van der Waals surface area contributed by atoms with Gasteiger partial charge >= 0.3 is 0 Å². The van der Waals surface area contributed by atoms with Crippen molar-refractivity contribution in [3.05, 3.63) is 34.1 Å². The van der Waals surface area contributed by atoms with Crippen molar-refractivity contribution in [1.82, 2.24) is 10.2 Å². The third kappa shape index (κ3) is 4.67. The molecule has 0 unspecified atom stereocenters. The molecule has 1 aromatic carbocycles. The molecule has 1 aromatic rings. The molecule has 1 aliphatic heterocycles. The molecule has 0 saturated carbocycles. The van der Waals surface area contributed by atoms with Crippen molar-refractivity contribution in [3.8, 4) is 0 Å². The van der Waals surface area contributed by atoms with Crippen molar-refractivity contribution in [3.63, 3.8) is 0 Å². The minimum atomic E-state index is -0.221. The topological polar surface area (TPSA) is 35.5 Å². The average Bonchev–Trinajstić information content (AvgIpc) is 2.44. The van der Waals surface area contributed by atoms with Crippen LogP contribution in [0.1, 0.15) is 24.4 Å². The first-order valence-corrected chi connectivity index (χ1v) is 7.52. The number of nitrogens with one attached hydrogen (secondary N) is 1. The molecule has 1 atom stereocenters. The molecular formula is C14H21BrClFN2O. The number of rotatable bonds is 5. The predicted molar refractivity (Wildman–Crippen MR) is 84.9 cm³/mol. The van der Waals surface area contributed by atoms with Crippen LogP contribution in [-0.4, -0.2) is 42.8 Å². The van der Waals surface area contributed by atoms with Crippen molar-refractivity contribution in [2.45, 2.75) is 18.9 Å². The van der Waals surface area contributed by atoms with E-state index in [9.17, 15) is 4.39 Å². The summed E-state index contributed by atoms with van der Waals surface area (Å²) in [4.78, 5) is 2.37. The predicted octanol–water partition coefficient (Wildman–Crippen LogP) is 2.73. The molecule has 2 N–H and O–H groups in total. The number of aliphatic hydroxyl groups excluding tert-OH is 1. The highest BCUT2D eigenvalue weighted by atomic mass is 79.9. The summed E-state index contributed by atoms with van der Waals surface area (Å²) in [5.74, 6) is -0.221. The Morgan fingerprint density at radius 1 is 1.35 bits per heavy atom. The highest BCUT2D eigenvalue weighted by Crippen LogP contribution is 2.28. The zero-order valence-electron chi connectivity index (χ0n) is 11.3. The van der Waals surface area contributed by atoms with Crippen molar-refractivity contribution >= 4 is 28.3 Å². The number of piperazine rings is 1. The van der Waals surface area contributed by atoms with E-state index < -0.39 is 0 Å². The Kier molecular flexibility index (Phi) is 7.99. The number of hydrogen-bond acceptors (Lipinski definition) is 3. The van der Waals surface area contributed by atoms with Crippen LogP contribution in [0.2, 0.25) is 0 Å². The molecule has 0 spiro atoms. The minimum absolute atomic E-state index is 0. The molecule has 0 aliphatic carbocycles. The fourth-order valence-electron chi connectivity index (χ4n) is 2.56. The summed E-state index contributed by atoms with van der Waals surface area (Å²) in [6, 6.07) is 5.53. The van der Waals surface area contributed by atoms with Crippen molar-refractivity contribution in [1.29, 1.82) is 0 Å². The molecule has 0 bridgehead atoms. The van der Waals surface area contributed by atoms with E-state index >= 15 is 0 Å². The molecule has 1 heterocycles. The molecule has 1 saturated heterocycles. The maximum absolute atomic E-state index is 13.7. The van der Waals surface area contributed by atoms with Gasteiger partial charge in [-0.25, -0.2) is 4.39 Å². The molecular weight excluding hydrogens is 347 g/mol. The van der Waals surface area contributed by atoms with Crippen LogP contribution in [0.4, 0.5) is 4.39 Å². The van der Waals surface area contributed by atoms with Gasteiger partial charge in [0.05, 0.1) is 4.47 Å². The Morgan fingerprint density at radius 2 is 2.05 bits per heavy atom. The average molecular weight is 368 g/mol. The van der Waals surface area contributed by atoms with Gasteiger partial charge in [0.1, 0.15) is 5.82 Å². The fraction of sp³-hybridized carbons (Fsp3) is 0.571. The summed E-state index contributed by atoms with van der Waals surface area (Å²) >= 11 is 3.19. The molecule has 1 aliphatic rings. The molecule has 1 fully saturated rings. The minimum Gasteiger partial charge on any atom is -0.396 e. The van der Waals surface area contributed by atoms with Gasteiger partial charge in [-0.2, -0.15) is 0 Å². The van der Waals surface area contributed by atoms with E-state index in [4.69, 9.17) is 5.11 Å². The van der Waals surface area contributed by atoms with Gasteiger partial charge in [-0.15, -0.1) is 12.4 Å². The lowest BCUT2D eigenvalue weighted by atomic mass is 9.99. The van der Waals surface area contributed by atoms with Crippen molar-refractivity contribution < 1.29 is 9.50 Å². The van der Waals surface area contributed by atoms with Gasteiger partial charge in [-0.1, -0.05) is 6.07 Å². The Balaban J connectivity index is 0.00000200. The fourth-order valence-corrected chi connectivity index (χ4v) is 2.80. The lowest BCUT2D eigenvalue weighted by Gasteiger charge is -2.35. The summed E-state index contributed by atoms with van der Waals surface area (Å²) < 4.78 is 14.2. The maximum Gasteiger partial charge on any atom is 0.137 e. The van der Waals surface area contributed by atoms with Crippen LogP contribution in [0.25, 0.3) is 0 Å². The number of nitrogens with zero attached hydrogens (tertiary/aromatic N) is 1. The highest BCUT2D eigenvalue weighted by Gasteiger charge is 2.22. The van der Waals surface area contributed by atoms with E-state index in [-0.39, 0.29) is 30.9 Å². The van der Waals surface area contributed by atoms with E-state index in [0.717, 1.165) is 44.6 Å². The molecule has 3 nitrogen and oxygen atoms in total. The number of benzene rings is 1. The van der Waals surface area contributed by atoms with Gasteiger partial charge < -0.3 is 10.4 Å². The van der Waals surface area contributed by atoms with E-state index in [1.54, 1.807) is 12.1 Å². The van der Waals surface area contributed by atoms with Crippen LogP contribution in [0.15, 0.2) is 22.7 Å². The van der Waals surface area contributed by atoms with E-state index in [1.165, 1.54) is 0 Å². The van der Waals surface area contributed by atoms with Gasteiger partial charge in [-0.3, -0.25) is 4.90 Å². The lowest BCUT2D eigenvalue weighted by Crippen LogP contribution is -2.45. The Bertz CT molecular complexity index is 416. The molecule has 0 radical (unpaired) electrons. The zero-order chi connectivity index (χ0) is 13.7. The second-order valence-corrected chi connectivity index (χ2v) is 5.70.